The molecule has 0 bridgehead atoms. The van der Waals surface area contributed by atoms with Crippen molar-refractivity contribution in [3.63, 3.8) is 0 Å². The van der Waals surface area contributed by atoms with Gasteiger partial charge in [-0.2, -0.15) is 0 Å². The van der Waals surface area contributed by atoms with Crippen LogP contribution in [0.3, 0.4) is 0 Å². The van der Waals surface area contributed by atoms with Crippen LogP contribution in [0.1, 0.15) is 47.3 Å². The molecular formula is C25H35N5O. The van der Waals surface area contributed by atoms with Crippen LogP contribution in [0.25, 0.3) is 0 Å². The Balaban J connectivity index is 1.42. The van der Waals surface area contributed by atoms with Crippen LogP contribution in [0, 0.1) is 0 Å². The summed E-state index contributed by atoms with van der Waals surface area (Å²) >= 11 is 0. The van der Waals surface area contributed by atoms with Crippen LogP contribution in [0.15, 0.2) is 59.6 Å². The molecule has 31 heavy (non-hydrogen) atoms. The maximum absolute atomic E-state index is 11.8. The molecule has 3 rings (SSSR count). The molecule has 166 valence electrons. The van der Waals surface area contributed by atoms with Gasteiger partial charge in [0, 0.05) is 51.4 Å². The van der Waals surface area contributed by atoms with Gasteiger partial charge < -0.3 is 16.0 Å². The Morgan fingerprint density at radius 1 is 1.13 bits per heavy atom. The van der Waals surface area contributed by atoms with Crippen LogP contribution in [-0.2, 0) is 6.42 Å². The van der Waals surface area contributed by atoms with Crippen LogP contribution in [0.5, 0.6) is 0 Å². The number of carbonyl (C=O) groups is 1. The quantitative estimate of drug-likeness (QED) is 0.475. The summed E-state index contributed by atoms with van der Waals surface area (Å²) in [5.74, 6) is 0.789. The predicted molar refractivity (Wildman–Crippen MR) is 127 cm³/mol. The largest absolute Gasteiger partial charge is 0.356 e. The first kappa shape index (κ1) is 22.8. The van der Waals surface area contributed by atoms with Crippen LogP contribution >= 0.6 is 0 Å². The standard InChI is InChI=1S/C25H35N5O/c1-19(21-9-5-4-6-10-21)30-16-13-23(14-17-30)29-25(27-3)28-15-12-20-8-7-11-22(18-20)24(31)26-2/h4-11,18-19,23H,12-17H2,1-3H3,(H,26,31)(H2,27,28,29). The molecule has 1 unspecified atom stereocenters. The SMILES string of the molecule is CN=C(NCCc1cccc(C(=O)NC)c1)NC1CCN(C(C)c2ccccc2)CC1. The van der Waals surface area contributed by atoms with E-state index in [4.69, 9.17) is 0 Å². The topological polar surface area (TPSA) is 68.8 Å². The van der Waals surface area contributed by atoms with Crippen LogP contribution in [0.4, 0.5) is 0 Å². The lowest BCUT2D eigenvalue weighted by molar-refractivity contribution is 0.0963. The number of hydrogen-bond donors (Lipinski definition) is 3. The normalized spacial score (nSPS) is 16.5. The highest BCUT2D eigenvalue weighted by atomic mass is 16.1. The highest BCUT2D eigenvalue weighted by Gasteiger charge is 2.23. The van der Waals surface area contributed by atoms with Gasteiger partial charge in [0.15, 0.2) is 5.96 Å². The maximum Gasteiger partial charge on any atom is 0.251 e. The van der Waals surface area contributed by atoms with Crippen LogP contribution in [-0.4, -0.2) is 56.5 Å². The van der Waals surface area contributed by atoms with Crippen molar-refractivity contribution in [3.05, 3.63) is 71.3 Å². The molecule has 0 spiro atoms. The fourth-order valence-corrected chi connectivity index (χ4v) is 4.10. The molecule has 0 radical (unpaired) electrons. The van der Waals surface area contributed by atoms with E-state index in [1.165, 1.54) is 5.56 Å². The van der Waals surface area contributed by atoms with Crippen molar-refractivity contribution >= 4 is 11.9 Å². The fourth-order valence-electron chi connectivity index (χ4n) is 4.10. The van der Waals surface area contributed by atoms with E-state index in [2.05, 4.69) is 63.1 Å². The average Bonchev–Trinajstić information content (AvgIpc) is 2.83. The number of guanidine groups is 1. The van der Waals surface area contributed by atoms with Gasteiger partial charge in [0.05, 0.1) is 0 Å². The lowest BCUT2D eigenvalue weighted by Crippen LogP contribution is -2.49. The Hall–Kier alpha value is -2.86. The zero-order valence-corrected chi connectivity index (χ0v) is 18.9. The van der Waals surface area contributed by atoms with E-state index in [-0.39, 0.29) is 5.91 Å². The Kier molecular flexibility index (Phi) is 8.47. The fraction of sp³-hybridized carbons (Fsp3) is 0.440. The molecule has 0 aromatic heterocycles. The van der Waals surface area contributed by atoms with Crippen molar-refractivity contribution in [2.75, 3.05) is 33.7 Å². The van der Waals surface area contributed by atoms with E-state index in [0.717, 1.165) is 50.4 Å². The van der Waals surface area contributed by atoms with E-state index in [9.17, 15) is 4.79 Å². The van der Waals surface area contributed by atoms with Crippen molar-refractivity contribution in [1.29, 1.82) is 0 Å². The smallest absolute Gasteiger partial charge is 0.251 e. The van der Waals surface area contributed by atoms with Crippen molar-refractivity contribution < 1.29 is 4.79 Å². The Morgan fingerprint density at radius 3 is 2.55 bits per heavy atom. The summed E-state index contributed by atoms with van der Waals surface area (Å²) in [6, 6.07) is 19.4. The van der Waals surface area contributed by atoms with Gasteiger partial charge in [0.1, 0.15) is 0 Å². The van der Waals surface area contributed by atoms with E-state index in [1.54, 1.807) is 7.05 Å². The number of likely N-dealkylation sites (tertiary alicyclic amines) is 1. The van der Waals surface area contributed by atoms with E-state index in [0.29, 0.717) is 17.6 Å². The first-order chi connectivity index (χ1) is 15.1. The number of piperidine rings is 1. The van der Waals surface area contributed by atoms with Crippen molar-refractivity contribution in [3.8, 4) is 0 Å². The molecule has 0 saturated carbocycles. The molecular weight excluding hydrogens is 386 g/mol. The van der Waals surface area contributed by atoms with Gasteiger partial charge in [-0.05, 0) is 49.4 Å². The molecule has 1 fully saturated rings. The van der Waals surface area contributed by atoms with Gasteiger partial charge in [0.25, 0.3) is 5.91 Å². The monoisotopic (exact) mass is 421 g/mol. The molecule has 1 aliphatic heterocycles. The summed E-state index contributed by atoms with van der Waals surface area (Å²) in [4.78, 5) is 18.8. The number of amides is 1. The van der Waals surface area contributed by atoms with Crippen LogP contribution < -0.4 is 16.0 Å². The lowest BCUT2D eigenvalue weighted by atomic mass is 10.0. The highest BCUT2D eigenvalue weighted by molar-refractivity contribution is 5.94. The third-order valence-electron chi connectivity index (χ3n) is 6.05. The number of hydrogen-bond acceptors (Lipinski definition) is 3. The summed E-state index contributed by atoms with van der Waals surface area (Å²) in [6.07, 6.45) is 3.04. The van der Waals surface area contributed by atoms with Gasteiger partial charge in [-0.15, -0.1) is 0 Å². The molecule has 2 aromatic carbocycles. The molecule has 1 amide bonds. The van der Waals surface area contributed by atoms with Gasteiger partial charge in [0.2, 0.25) is 0 Å². The zero-order valence-electron chi connectivity index (χ0n) is 18.9. The zero-order chi connectivity index (χ0) is 22.1. The first-order valence-electron chi connectivity index (χ1n) is 11.2. The Morgan fingerprint density at radius 2 is 1.87 bits per heavy atom. The van der Waals surface area contributed by atoms with Gasteiger partial charge in [-0.3, -0.25) is 14.7 Å². The molecule has 6 heteroatoms. The number of aliphatic imine (C=N–C) groups is 1. The summed E-state index contributed by atoms with van der Waals surface area (Å²) in [7, 11) is 3.47. The summed E-state index contributed by atoms with van der Waals surface area (Å²) in [5.41, 5.74) is 3.21. The Labute approximate surface area is 186 Å². The highest BCUT2D eigenvalue weighted by Crippen LogP contribution is 2.23. The number of rotatable bonds is 7. The second-order valence-corrected chi connectivity index (χ2v) is 8.07. The van der Waals surface area contributed by atoms with Gasteiger partial charge >= 0.3 is 0 Å². The molecule has 3 N–H and O–H groups in total. The first-order valence-corrected chi connectivity index (χ1v) is 11.2. The molecule has 1 heterocycles. The average molecular weight is 422 g/mol. The summed E-state index contributed by atoms with van der Waals surface area (Å²) < 4.78 is 0. The minimum absolute atomic E-state index is 0.0554. The lowest BCUT2D eigenvalue weighted by Gasteiger charge is -2.37. The number of nitrogens with one attached hydrogen (secondary N) is 3. The third kappa shape index (κ3) is 6.56. The van der Waals surface area contributed by atoms with Gasteiger partial charge in [-0.1, -0.05) is 42.5 Å². The number of benzene rings is 2. The van der Waals surface area contributed by atoms with Crippen molar-refractivity contribution in [2.24, 2.45) is 4.99 Å². The Bertz CT molecular complexity index is 859. The molecule has 6 nitrogen and oxygen atoms in total. The molecule has 1 atom stereocenters. The van der Waals surface area contributed by atoms with Crippen molar-refractivity contribution in [2.45, 2.75) is 38.3 Å². The summed E-state index contributed by atoms with van der Waals surface area (Å²) in [6.45, 7) is 5.22. The molecule has 0 aliphatic carbocycles. The predicted octanol–water partition coefficient (Wildman–Crippen LogP) is 2.98. The van der Waals surface area contributed by atoms with Crippen molar-refractivity contribution in [1.82, 2.24) is 20.9 Å². The molecule has 1 aliphatic rings. The van der Waals surface area contributed by atoms with E-state index >= 15 is 0 Å². The summed E-state index contributed by atoms with van der Waals surface area (Å²) in [5, 5.41) is 9.66. The number of carbonyl (C=O) groups excluding carboxylic acids is 1. The van der Waals surface area contributed by atoms with E-state index < -0.39 is 0 Å². The van der Waals surface area contributed by atoms with Gasteiger partial charge in [-0.25, -0.2) is 0 Å². The third-order valence-corrected chi connectivity index (χ3v) is 6.05. The minimum atomic E-state index is -0.0554. The molecule has 1 saturated heterocycles. The van der Waals surface area contributed by atoms with E-state index in [1.807, 2.05) is 31.3 Å². The minimum Gasteiger partial charge on any atom is -0.356 e. The second-order valence-electron chi connectivity index (χ2n) is 8.07. The second kappa shape index (κ2) is 11.5. The molecule has 2 aromatic rings. The number of nitrogens with zero attached hydrogens (tertiary/aromatic N) is 2. The maximum atomic E-state index is 11.8. The van der Waals surface area contributed by atoms with Crippen LogP contribution in [0.2, 0.25) is 0 Å².